The third kappa shape index (κ3) is 4.71. The molecule has 0 saturated carbocycles. The maximum absolute atomic E-state index is 13.1. The average Bonchev–Trinajstić information content (AvgIpc) is 3.04. The fourth-order valence-corrected chi connectivity index (χ4v) is 5.87. The summed E-state index contributed by atoms with van der Waals surface area (Å²) in [5, 5.41) is 2.98. The number of benzene rings is 2. The van der Waals surface area contributed by atoms with Gasteiger partial charge < -0.3 is 5.32 Å². The van der Waals surface area contributed by atoms with Crippen LogP contribution in [0.1, 0.15) is 41.7 Å². The van der Waals surface area contributed by atoms with Gasteiger partial charge in [-0.05, 0) is 44.0 Å². The Morgan fingerprint density at radius 3 is 2.32 bits per heavy atom. The Morgan fingerprint density at radius 2 is 1.65 bits per heavy atom. The molecule has 0 aliphatic carbocycles. The second kappa shape index (κ2) is 9.99. The van der Waals surface area contributed by atoms with Crippen molar-refractivity contribution < 1.29 is 13.2 Å². The van der Waals surface area contributed by atoms with Crippen LogP contribution in [0.3, 0.4) is 0 Å². The van der Waals surface area contributed by atoms with Crippen LogP contribution < -0.4 is 10.9 Å². The van der Waals surface area contributed by atoms with Crippen LogP contribution in [-0.2, 0) is 17.1 Å². The van der Waals surface area contributed by atoms with E-state index in [1.165, 1.54) is 21.1 Å². The van der Waals surface area contributed by atoms with E-state index in [0.717, 1.165) is 31.4 Å². The molecule has 0 unspecified atom stereocenters. The number of hydrogen-bond acceptors (Lipinski definition) is 5. The van der Waals surface area contributed by atoms with Gasteiger partial charge in [0.1, 0.15) is 5.69 Å². The lowest BCUT2D eigenvalue weighted by molar-refractivity contribution is 0.101. The zero-order valence-electron chi connectivity index (χ0n) is 19.5. The van der Waals surface area contributed by atoms with Crippen molar-refractivity contribution in [1.82, 2.24) is 13.7 Å². The van der Waals surface area contributed by atoms with Gasteiger partial charge in [-0.1, -0.05) is 43.2 Å². The van der Waals surface area contributed by atoms with E-state index in [1.807, 2.05) is 37.3 Å². The molecule has 3 aromatic rings. The van der Waals surface area contributed by atoms with Gasteiger partial charge in [-0.25, -0.2) is 13.1 Å². The molecule has 0 spiro atoms. The van der Waals surface area contributed by atoms with Crippen molar-refractivity contribution in [2.24, 2.45) is 7.05 Å². The van der Waals surface area contributed by atoms with E-state index in [-0.39, 0.29) is 22.8 Å². The number of carbonyl (C=O) groups is 1. The number of carbonyl (C=O) groups excluding carboxylic acids is 1. The van der Waals surface area contributed by atoms with Crippen LogP contribution in [0, 0.1) is 6.92 Å². The van der Waals surface area contributed by atoms with Gasteiger partial charge in [0.05, 0.1) is 22.8 Å². The summed E-state index contributed by atoms with van der Waals surface area (Å²) in [7, 11) is -1.87. The molecule has 1 aliphatic rings. The first-order valence-electron chi connectivity index (χ1n) is 11.5. The number of aromatic nitrogens is 2. The summed E-state index contributed by atoms with van der Waals surface area (Å²) in [5.41, 5.74) is 1.80. The number of para-hydroxylation sites is 1. The molecule has 1 saturated heterocycles. The molecule has 0 atom stereocenters. The highest BCUT2D eigenvalue weighted by Crippen LogP contribution is 2.21. The number of ketones is 1. The number of anilines is 1. The normalized spacial score (nSPS) is 15.1. The number of nitrogens with zero attached hydrogens (tertiary/aromatic N) is 3. The zero-order valence-corrected chi connectivity index (χ0v) is 20.3. The van der Waals surface area contributed by atoms with Crippen molar-refractivity contribution in [2.75, 3.05) is 25.0 Å². The van der Waals surface area contributed by atoms with E-state index in [9.17, 15) is 18.0 Å². The molecule has 4 rings (SSSR count). The summed E-state index contributed by atoms with van der Waals surface area (Å²) in [6.45, 7) is 2.69. The molecule has 34 heavy (non-hydrogen) atoms. The van der Waals surface area contributed by atoms with Gasteiger partial charge in [-0.15, -0.1) is 0 Å². The number of Topliss-reactive ketones (excluding diaryl/α,β-unsaturated/α-hetero) is 1. The van der Waals surface area contributed by atoms with Gasteiger partial charge in [0.2, 0.25) is 10.0 Å². The topological polar surface area (TPSA) is 93.4 Å². The molecule has 2 aromatic carbocycles. The lowest BCUT2D eigenvalue weighted by Crippen LogP contribution is -2.32. The molecule has 1 aromatic heterocycles. The van der Waals surface area contributed by atoms with E-state index < -0.39 is 10.0 Å². The summed E-state index contributed by atoms with van der Waals surface area (Å²) < 4.78 is 31.0. The van der Waals surface area contributed by atoms with Crippen LogP contribution in [0.15, 0.2) is 64.3 Å². The zero-order chi connectivity index (χ0) is 24.3. The predicted octanol–water partition coefficient (Wildman–Crippen LogP) is 3.34. The Hall–Kier alpha value is -3.17. The predicted molar refractivity (Wildman–Crippen MR) is 132 cm³/mol. The lowest BCUT2D eigenvalue weighted by atomic mass is 10.1. The van der Waals surface area contributed by atoms with Crippen molar-refractivity contribution in [3.63, 3.8) is 0 Å². The molecule has 1 fully saturated rings. The van der Waals surface area contributed by atoms with Crippen LogP contribution in [0.5, 0.6) is 0 Å². The monoisotopic (exact) mass is 482 g/mol. The standard InChI is InChI=1S/C25H30N4O4S/c1-19-24(25(31)29(27(19)2)21-12-6-5-7-13-21)26-18-23(30)20-11-10-14-22(17-20)34(32,33)28-15-8-3-4-9-16-28/h5-7,10-14,17,26H,3-4,8-9,15-16,18H2,1-2H3. The van der Waals surface area contributed by atoms with E-state index in [4.69, 9.17) is 0 Å². The number of nitrogens with one attached hydrogen (secondary N) is 1. The SMILES string of the molecule is Cc1c(NCC(=O)c2cccc(S(=O)(=O)N3CCCCCC3)c2)c(=O)n(-c2ccccc2)n1C. The third-order valence-corrected chi connectivity index (χ3v) is 8.23. The first-order valence-corrected chi connectivity index (χ1v) is 13.0. The second-order valence-electron chi connectivity index (χ2n) is 8.56. The smallest absolute Gasteiger partial charge is 0.295 e. The Labute approximate surface area is 199 Å². The summed E-state index contributed by atoms with van der Waals surface area (Å²) in [4.78, 5) is 26.1. The Balaban J connectivity index is 1.53. The number of sulfonamides is 1. The van der Waals surface area contributed by atoms with E-state index in [0.29, 0.717) is 30.0 Å². The van der Waals surface area contributed by atoms with Crippen molar-refractivity contribution in [3.8, 4) is 5.69 Å². The van der Waals surface area contributed by atoms with E-state index >= 15 is 0 Å². The van der Waals surface area contributed by atoms with E-state index in [1.54, 1.807) is 23.9 Å². The van der Waals surface area contributed by atoms with Crippen molar-refractivity contribution in [2.45, 2.75) is 37.5 Å². The van der Waals surface area contributed by atoms with Gasteiger partial charge in [0.25, 0.3) is 5.56 Å². The highest BCUT2D eigenvalue weighted by molar-refractivity contribution is 7.89. The summed E-state index contributed by atoms with van der Waals surface area (Å²) in [5.74, 6) is -0.290. The van der Waals surface area contributed by atoms with Crippen molar-refractivity contribution in [3.05, 3.63) is 76.2 Å². The van der Waals surface area contributed by atoms with Gasteiger partial charge in [0.15, 0.2) is 5.78 Å². The quantitative estimate of drug-likeness (QED) is 0.522. The molecule has 0 bridgehead atoms. The highest BCUT2D eigenvalue weighted by Gasteiger charge is 2.26. The van der Waals surface area contributed by atoms with Crippen LogP contribution in [0.2, 0.25) is 0 Å². The minimum atomic E-state index is -3.65. The van der Waals surface area contributed by atoms with Gasteiger partial charge in [-0.2, -0.15) is 4.31 Å². The Morgan fingerprint density at radius 1 is 0.971 bits per heavy atom. The number of hydrogen-bond donors (Lipinski definition) is 1. The largest absolute Gasteiger partial charge is 0.372 e. The number of rotatable bonds is 7. The molecule has 8 nitrogen and oxygen atoms in total. The van der Waals surface area contributed by atoms with Crippen LogP contribution >= 0.6 is 0 Å². The van der Waals surface area contributed by atoms with Crippen molar-refractivity contribution >= 4 is 21.5 Å². The van der Waals surface area contributed by atoms with E-state index in [2.05, 4.69) is 5.32 Å². The van der Waals surface area contributed by atoms with Crippen LogP contribution in [0.4, 0.5) is 5.69 Å². The molecular formula is C25H30N4O4S. The molecule has 1 N–H and O–H groups in total. The fraction of sp³-hybridized carbons (Fsp3) is 0.360. The molecular weight excluding hydrogens is 452 g/mol. The average molecular weight is 483 g/mol. The summed E-state index contributed by atoms with van der Waals surface area (Å²) >= 11 is 0. The van der Waals surface area contributed by atoms with Gasteiger partial charge >= 0.3 is 0 Å². The van der Waals surface area contributed by atoms with Crippen LogP contribution in [0.25, 0.3) is 5.69 Å². The molecule has 0 radical (unpaired) electrons. The first kappa shape index (κ1) is 24.0. The minimum absolute atomic E-state index is 0.123. The summed E-state index contributed by atoms with van der Waals surface area (Å²) in [6, 6.07) is 15.4. The van der Waals surface area contributed by atoms with Gasteiger partial charge in [0, 0.05) is 25.7 Å². The third-order valence-electron chi connectivity index (χ3n) is 6.34. The molecule has 0 amide bonds. The first-order chi connectivity index (χ1) is 16.3. The molecule has 180 valence electrons. The highest BCUT2D eigenvalue weighted by atomic mass is 32.2. The Kier molecular flexibility index (Phi) is 7.04. The lowest BCUT2D eigenvalue weighted by Gasteiger charge is -2.20. The van der Waals surface area contributed by atoms with Crippen molar-refractivity contribution in [1.29, 1.82) is 0 Å². The molecule has 2 heterocycles. The molecule has 1 aliphatic heterocycles. The van der Waals surface area contributed by atoms with Gasteiger partial charge in [-0.3, -0.25) is 14.3 Å². The maximum atomic E-state index is 13.1. The second-order valence-corrected chi connectivity index (χ2v) is 10.5. The molecule has 9 heteroatoms. The summed E-state index contributed by atoms with van der Waals surface area (Å²) in [6.07, 6.45) is 3.75. The maximum Gasteiger partial charge on any atom is 0.295 e. The van der Waals surface area contributed by atoms with Crippen LogP contribution in [-0.4, -0.2) is 47.5 Å². The fourth-order valence-electron chi connectivity index (χ4n) is 4.30. The minimum Gasteiger partial charge on any atom is -0.372 e. The Bertz CT molecular complexity index is 1330.